The number of alkyl halides is 3. The first-order chi connectivity index (χ1) is 8.62. The normalized spacial score (nSPS) is 13.2. The first kappa shape index (κ1) is 15.2. The quantitative estimate of drug-likeness (QED) is 0.671. The van der Waals surface area contributed by atoms with Crippen molar-refractivity contribution in [3.63, 3.8) is 0 Å². The summed E-state index contributed by atoms with van der Waals surface area (Å²) in [6, 6.07) is 0.598. The summed E-state index contributed by atoms with van der Waals surface area (Å²) in [5.41, 5.74) is -2.00. The van der Waals surface area contributed by atoms with Crippen molar-refractivity contribution in [2.45, 2.75) is 19.2 Å². The third-order valence-electron chi connectivity index (χ3n) is 2.30. The van der Waals surface area contributed by atoms with Gasteiger partial charge in [0.05, 0.1) is 11.0 Å². The molecule has 0 bridgehead atoms. The molecule has 0 aliphatic heterocycles. The van der Waals surface area contributed by atoms with E-state index in [4.69, 9.17) is 0 Å². The van der Waals surface area contributed by atoms with Crippen LogP contribution in [0.4, 0.5) is 24.5 Å². The minimum atomic E-state index is -4.68. The van der Waals surface area contributed by atoms with E-state index in [1.54, 1.807) is 0 Å². The highest BCUT2D eigenvalue weighted by atomic mass is 19.4. The third kappa shape index (κ3) is 3.78. The Labute approximate surface area is 106 Å². The van der Waals surface area contributed by atoms with E-state index in [9.17, 15) is 28.4 Å². The number of pyridine rings is 1. The Morgan fingerprint density at radius 2 is 2.16 bits per heavy atom. The van der Waals surface area contributed by atoms with E-state index in [0.717, 1.165) is 0 Å². The standard InChI is InChI=1S/C10H12F3N3O3/c1-6(17)5-15(2)7-3-9(10(11,12)13)14-4-8(7)16(18)19/h3-4,6,17H,5H2,1-2H3. The summed E-state index contributed by atoms with van der Waals surface area (Å²) in [6.07, 6.45) is -4.96. The summed E-state index contributed by atoms with van der Waals surface area (Å²) in [7, 11) is 1.36. The van der Waals surface area contributed by atoms with Crippen LogP contribution in [0.15, 0.2) is 12.3 Å². The maximum Gasteiger partial charge on any atom is 0.433 e. The fourth-order valence-electron chi connectivity index (χ4n) is 1.53. The molecule has 1 unspecified atom stereocenters. The summed E-state index contributed by atoms with van der Waals surface area (Å²) in [6.45, 7) is 1.39. The van der Waals surface area contributed by atoms with E-state index in [2.05, 4.69) is 4.98 Å². The molecule has 1 heterocycles. The van der Waals surface area contributed by atoms with Gasteiger partial charge in [0.2, 0.25) is 0 Å². The summed E-state index contributed by atoms with van der Waals surface area (Å²) in [5.74, 6) is 0. The van der Waals surface area contributed by atoms with Crippen LogP contribution in [0.3, 0.4) is 0 Å². The van der Waals surface area contributed by atoms with E-state index < -0.39 is 28.6 Å². The molecule has 0 fully saturated rings. The maximum atomic E-state index is 12.5. The van der Waals surface area contributed by atoms with Crippen molar-refractivity contribution in [3.8, 4) is 0 Å². The second-order valence-corrected chi connectivity index (χ2v) is 4.04. The molecule has 0 amide bonds. The van der Waals surface area contributed by atoms with Gasteiger partial charge in [0.1, 0.15) is 17.6 Å². The average molecular weight is 279 g/mol. The summed E-state index contributed by atoms with van der Waals surface area (Å²) in [5, 5.41) is 20.0. The van der Waals surface area contributed by atoms with Gasteiger partial charge < -0.3 is 10.0 Å². The minimum absolute atomic E-state index is 0.0395. The number of aromatic nitrogens is 1. The van der Waals surface area contributed by atoms with Crippen LogP contribution in [-0.2, 0) is 6.18 Å². The van der Waals surface area contributed by atoms with Gasteiger partial charge in [-0.1, -0.05) is 0 Å². The zero-order valence-corrected chi connectivity index (χ0v) is 10.2. The number of anilines is 1. The van der Waals surface area contributed by atoms with Gasteiger partial charge in [-0.3, -0.25) is 10.1 Å². The number of rotatable bonds is 4. The first-order valence-corrected chi connectivity index (χ1v) is 5.23. The molecule has 0 spiro atoms. The van der Waals surface area contributed by atoms with Gasteiger partial charge >= 0.3 is 11.9 Å². The predicted molar refractivity (Wildman–Crippen MR) is 60.8 cm³/mol. The molecule has 1 aromatic rings. The molecule has 0 radical (unpaired) electrons. The molecule has 106 valence electrons. The van der Waals surface area contributed by atoms with Crippen LogP contribution in [0.2, 0.25) is 0 Å². The average Bonchev–Trinajstić information content (AvgIpc) is 2.25. The van der Waals surface area contributed by atoms with Crippen LogP contribution < -0.4 is 4.90 Å². The second kappa shape index (κ2) is 5.39. The SMILES string of the molecule is CC(O)CN(C)c1cc(C(F)(F)F)ncc1[N+](=O)[O-]. The lowest BCUT2D eigenvalue weighted by Gasteiger charge is -2.21. The van der Waals surface area contributed by atoms with Crippen molar-refractivity contribution in [1.82, 2.24) is 4.98 Å². The number of nitro groups is 1. The molecule has 0 saturated carbocycles. The van der Waals surface area contributed by atoms with Gasteiger partial charge in [0.15, 0.2) is 0 Å². The van der Waals surface area contributed by atoms with Crippen LogP contribution in [-0.4, -0.2) is 34.7 Å². The molecular formula is C10H12F3N3O3. The Morgan fingerprint density at radius 1 is 1.58 bits per heavy atom. The summed E-state index contributed by atoms with van der Waals surface area (Å²) >= 11 is 0. The van der Waals surface area contributed by atoms with Crippen LogP contribution in [0.1, 0.15) is 12.6 Å². The molecule has 1 N–H and O–H groups in total. The fraction of sp³-hybridized carbons (Fsp3) is 0.500. The molecule has 19 heavy (non-hydrogen) atoms. The van der Waals surface area contributed by atoms with E-state index in [1.807, 2.05) is 0 Å². The first-order valence-electron chi connectivity index (χ1n) is 5.23. The molecule has 0 aliphatic carbocycles. The molecule has 0 aromatic carbocycles. The largest absolute Gasteiger partial charge is 0.433 e. The Bertz CT molecular complexity index is 477. The van der Waals surface area contributed by atoms with Gasteiger partial charge in [-0.2, -0.15) is 13.2 Å². The zero-order valence-electron chi connectivity index (χ0n) is 10.2. The Hall–Kier alpha value is -1.90. The number of halogens is 3. The molecule has 6 nitrogen and oxygen atoms in total. The second-order valence-electron chi connectivity index (χ2n) is 4.04. The summed E-state index contributed by atoms with van der Waals surface area (Å²) in [4.78, 5) is 14.2. The third-order valence-corrected chi connectivity index (χ3v) is 2.30. The molecule has 1 rings (SSSR count). The maximum absolute atomic E-state index is 12.5. The highest BCUT2D eigenvalue weighted by molar-refractivity contribution is 5.62. The van der Waals surface area contributed by atoms with Crippen molar-refractivity contribution < 1.29 is 23.2 Å². The molecule has 1 atom stereocenters. The minimum Gasteiger partial charge on any atom is -0.392 e. The van der Waals surface area contributed by atoms with E-state index >= 15 is 0 Å². The van der Waals surface area contributed by atoms with Crippen LogP contribution in [0, 0.1) is 10.1 Å². The Balaban J connectivity index is 3.27. The van der Waals surface area contributed by atoms with E-state index in [1.165, 1.54) is 18.9 Å². The van der Waals surface area contributed by atoms with Crippen molar-refractivity contribution in [2.24, 2.45) is 0 Å². The van der Waals surface area contributed by atoms with Crippen molar-refractivity contribution >= 4 is 11.4 Å². The van der Waals surface area contributed by atoms with Gasteiger partial charge in [-0.25, -0.2) is 4.98 Å². The van der Waals surface area contributed by atoms with E-state index in [0.29, 0.717) is 12.3 Å². The lowest BCUT2D eigenvalue weighted by Crippen LogP contribution is -2.28. The number of aliphatic hydroxyl groups is 1. The van der Waals surface area contributed by atoms with Crippen LogP contribution in [0.25, 0.3) is 0 Å². The monoisotopic (exact) mass is 279 g/mol. The zero-order chi connectivity index (χ0) is 14.8. The number of hydrogen-bond acceptors (Lipinski definition) is 5. The molecule has 0 aliphatic rings. The predicted octanol–water partition coefficient (Wildman–Crippen LogP) is 1.83. The number of hydrogen-bond donors (Lipinski definition) is 1. The lowest BCUT2D eigenvalue weighted by atomic mass is 10.2. The lowest BCUT2D eigenvalue weighted by molar-refractivity contribution is -0.384. The van der Waals surface area contributed by atoms with Gasteiger partial charge in [0.25, 0.3) is 0 Å². The van der Waals surface area contributed by atoms with Crippen molar-refractivity contribution in [2.75, 3.05) is 18.5 Å². The molecule has 9 heteroatoms. The van der Waals surface area contributed by atoms with Gasteiger partial charge in [0, 0.05) is 13.6 Å². The molecule has 0 saturated heterocycles. The topological polar surface area (TPSA) is 79.5 Å². The van der Waals surface area contributed by atoms with Crippen LogP contribution >= 0.6 is 0 Å². The van der Waals surface area contributed by atoms with Crippen molar-refractivity contribution in [1.29, 1.82) is 0 Å². The number of nitrogens with zero attached hydrogens (tertiary/aromatic N) is 3. The molecular weight excluding hydrogens is 267 g/mol. The van der Waals surface area contributed by atoms with E-state index in [-0.39, 0.29) is 12.2 Å². The van der Waals surface area contributed by atoms with Gasteiger partial charge in [-0.05, 0) is 13.0 Å². The number of likely N-dealkylation sites (N-methyl/N-ethyl adjacent to an activating group) is 1. The fourth-order valence-corrected chi connectivity index (χ4v) is 1.53. The van der Waals surface area contributed by atoms with Crippen LogP contribution in [0.5, 0.6) is 0 Å². The highest BCUT2D eigenvalue weighted by Gasteiger charge is 2.35. The van der Waals surface area contributed by atoms with Gasteiger partial charge in [-0.15, -0.1) is 0 Å². The highest BCUT2D eigenvalue weighted by Crippen LogP contribution is 2.34. The smallest absolute Gasteiger partial charge is 0.392 e. The molecule has 1 aromatic heterocycles. The summed E-state index contributed by atoms with van der Waals surface area (Å²) < 4.78 is 37.6. The Kier molecular flexibility index (Phi) is 4.30. The Morgan fingerprint density at radius 3 is 2.58 bits per heavy atom. The number of aliphatic hydroxyl groups excluding tert-OH is 1. The van der Waals surface area contributed by atoms with Crippen molar-refractivity contribution in [3.05, 3.63) is 28.1 Å².